The number of benzene rings is 1. The highest BCUT2D eigenvalue weighted by atomic mass is 16.2. The van der Waals surface area contributed by atoms with Gasteiger partial charge in [-0.2, -0.15) is 0 Å². The summed E-state index contributed by atoms with van der Waals surface area (Å²) in [5.74, 6) is 0.0744. The third-order valence-corrected chi connectivity index (χ3v) is 4.56. The molecule has 132 valence electrons. The number of likely N-dealkylation sites (tertiary alicyclic amines) is 1. The molecule has 1 aromatic heterocycles. The minimum Gasteiger partial charge on any atom is -0.354 e. The number of hydrogen-bond acceptors (Lipinski definition) is 4. The van der Waals surface area contributed by atoms with Gasteiger partial charge in [-0.15, -0.1) is 5.10 Å². The minimum absolute atomic E-state index is 0.0298. The number of carbonyl (C=O) groups is 2. The standard InChI is InChI=1S/C18H23N5O2/c1-14-2-4-16(5-3-14)18(25)22-10-6-15(7-11-22)17(24)19-8-12-23-13-9-20-21-23/h2-5,9,13,15H,6-8,10-12H2,1H3,(H,19,24). The molecule has 1 aliphatic rings. The molecule has 0 unspecified atom stereocenters. The Morgan fingerprint density at radius 1 is 1.20 bits per heavy atom. The van der Waals surface area contributed by atoms with Crippen LogP contribution in [0, 0.1) is 12.8 Å². The number of carbonyl (C=O) groups excluding carboxylic acids is 2. The number of nitrogens with one attached hydrogen (secondary N) is 1. The molecule has 1 aromatic carbocycles. The van der Waals surface area contributed by atoms with Gasteiger partial charge in [-0.1, -0.05) is 22.9 Å². The predicted molar refractivity (Wildman–Crippen MR) is 92.8 cm³/mol. The molecule has 3 rings (SSSR count). The van der Waals surface area contributed by atoms with E-state index in [4.69, 9.17) is 0 Å². The summed E-state index contributed by atoms with van der Waals surface area (Å²) in [5.41, 5.74) is 1.85. The molecule has 1 aliphatic heterocycles. The van der Waals surface area contributed by atoms with Crippen molar-refractivity contribution >= 4 is 11.8 Å². The Bertz CT molecular complexity index is 704. The van der Waals surface area contributed by atoms with Gasteiger partial charge in [-0.25, -0.2) is 0 Å². The SMILES string of the molecule is Cc1ccc(C(=O)N2CCC(C(=O)NCCn3ccnn3)CC2)cc1. The molecule has 1 N–H and O–H groups in total. The normalized spacial score (nSPS) is 15.2. The Morgan fingerprint density at radius 2 is 1.92 bits per heavy atom. The van der Waals surface area contributed by atoms with E-state index in [1.807, 2.05) is 36.1 Å². The van der Waals surface area contributed by atoms with Crippen LogP contribution in [0.5, 0.6) is 0 Å². The highest BCUT2D eigenvalue weighted by Gasteiger charge is 2.27. The van der Waals surface area contributed by atoms with Crippen LogP contribution in [-0.2, 0) is 11.3 Å². The van der Waals surface area contributed by atoms with Crippen molar-refractivity contribution in [3.8, 4) is 0 Å². The van der Waals surface area contributed by atoms with Crippen LogP contribution >= 0.6 is 0 Å². The second-order valence-corrected chi connectivity index (χ2v) is 6.39. The maximum Gasteiger partial charge on any atom is 0.253 e. The molecule has 0 bridgehead atoms. The Morgan fingerprint density at radius 3 is 2.56 bits per heavy atom. The highest BCUT2D eigenvalue weighted by Crippen LogP contribution is 2.19. The van der Waals surface area contributed by atoms with Crippen molar-refractivity contribution in [2.75, 3.05) is 19.6 Å². The van der Waals surface area contributed by atoms with E-state index in [1.54, 1.807) is 17.1 Å². The largest absolute Gasteiger partial charge is 0.354 e. The number of piperidine rings is 1. The van der Waals surface area contributed by atoms with Crippen LogP contribution in [0.3, 0.4) is 0 Å². The minimum atomic E-state index is -0.0298. The smallest absolute Gasteiger partial charge is 0.253 e. The van der Waals surface area contributed by atoms with Crippen LogP contribution in [0.1, 0.15) is 28.8 Å². The van der Waals surface area contributed by atoms with E-state index >= 15 is 0 Å². The van der Waals surface area contributed by atoms with Crippen molar-refractivity contribution in [3.05, 3.63) is 47.8 Å². The van der Waals surface area contributed by atoms with Crippen LogP contribution in [0.2, 0.25) is 0 Å². The van der Waals surface area contributed by atoms with Crippen LogP contribution in [0.4, 0.5) is 0 Å². The maximum absolute atomic E-state index is 12.5. The van der Waals surface area contributed by atoms with Gasteiger partial charge in [0, 0.05) is 37.3 Å². The molecule has 7 nitrogen and oxygen atoms in total. The summed E-state index contributed by atoms with van der Waals surface area (Å²) in [6.45, 7) is 4.38. The molecule has 2 amide bonds. The lowest BCUT2D eigenvalue weighted by atomic mass is 9.95. The maximum atomic E-state index is 12.5. The zero-order valence-electron chi connectivity index (χ0n) is 14.4. The molecule has 0 atom stereocenters. The molecule has 1 fully saturated rings. The number of rotatable bonds is 5. The topological polar surface area (TPSA) is 80.1 Å². The highest BCUT2D eigenvalue weighted by molar-refractivity contribution is 5.94. The molecule has 25 heavy (non-hydrogen) atoms. The number of aryl methyl sites for hydroxylation is 1. The van der Waals surface area contributed by atoms with E-state index in [0.29, 0.717) is 44.6 Å². The van der Waals surface area contributed by atoms with E-state index in [1.165, 1.54) is 0 Å². The van der Waals surface area contributed by atoms with Crippen molar-refractivity contribution in [1.82, 2.24) is 25.2 Å². The van der Waals surface area contributed by atoms with E-state index < -0.39 is 0 Å². The first kappa shape index (κ1) is 17.1. The van der Waals surface area contributed by atoms with Gasteiger partial charge in [0.25, 0.3) is 5.91 Å². The van der Waals surface area contributed by atoms with Crippen LogP contribution in [0.15, 0.2) is 36.7 Å². The van der Waals surface area contributed by atoms with Crippen molar-refractivity contribution in [2.24, 2.45) is 5.92 Å². The molecule has 2 heterocycles. The molecule has 7 heteroatoms. The summed E-state index contributed by atoms with van der Waals surface area (Å²) in [6, 6.07) is 7.62. The zero-order valence-corrected chi connectivity index (χ0v) is 14.4. The first-order chi connectivity index (χ1) is 12.1. The summed E-state index contributed by atoms with van der Waals surface area (Å²) in [6.07, 6.45) is 4.78. The summed E-state index contributed by atoms with van der Waals surface area (Å²) in [5, 5.41) is 10.5. The first-order valence-electron chi connectivity index (χ1n) is 8.61. The molecule has 0 saturated carbocycles. The Balaban J connectivity index is 1.43. The molecule has 0 spiro atoms. The molecular weight excluding hydrogens is 318 g/mol. The van der Waals surface area contributed by atoms with Crippen molar-refractivity contribution in [3.63, 3.8) is 0 Å². The third-order valence-electron chi connectivity index (χ3n) is 4.56. The Kier molecular flexibility index (Phi) is 5.42. The van der Waals surface area contributed by atoms with E-state index in [0.717, 1.165) is 5.56 Å². The molecule has 0 radical (unpaired) electrons. The van der Waals surface area contributed by atoms with Crippen molar-refractivity contribution in [2.45, 2.75) is 26.3 Å². The first-order valence-corrected chi connectivity index (χ1v) is 8.61. The van der Waals surface area contributed by atoms with Crippen LogP contribution < -0.4 is 5.32 Å². The summed E-state index contributed by atoms with van der Waals surface area (Å²) in [4.78, 5) is 26.6. The van der Waals surface area contributed by atoms with Gasteiger partial charge < -0.3 is 10.2 Å². The lowest BCUT2D eigenvalue weighted by Crippen LogP contribution is -2.43. The fraction of sp³-hybridized carbons (Fsp3) is 0.444. The molecule has 1 saturated heterocycles. The number of amides is 2. The van der Waals surface area contributed by atoms with Gasteiger partial charge in [0.2, 0.25) is 5.91 Å². The Hall–Kier alpha value is -2.70. The second kappa shape index (κ2) is 7.92. The fourth-order valence-corrected chi connectivity index (χ4v) is 3.01. The summed E-state index contributed by atoms with van der Waals surface area (Å²) < 4.78 is 1.68. The van der Waals surface area contributed by atoms with Crippen molar-refractivity contribution in [1.29, 1.82) is 0 Å². The lowest BCUT2D eigenvalue weighted by molar-refractivity contribution is -0.126. The van der Waals surface area contributed by atoms with E-state index in [-0.39, 0.29) is 17.7 Å². The van der Waals surface area contributed by atoms with Gasteiger partial charge in [-0.3, -0.25) is 14.3 Å². The second-order valence-electron chi connectivity index (χ2n) is 6.39. The molecule has 0 aliphatic carbocycles. The summed E-state index contributed by atoms with van der Waals surface area (Å²) in [7, 11) is 0. The van der Waals surface area contributed by atoms with Gasteiger partial charge in [0.05, 0.1) is 12.7 Å². The fourth-order valence-electron chi connectivity index (χ4n) is 3.01. The van der Waals surface area contributed by atoms with Gasteiger partial charge in [-0.05, 0) is 31.9 Å². The van der Waals surface area contributed by atoms with Gasteiger partial charge in [0.15, 0.2) is 0 Å². The molecular formula is C18H23N5O2. The number of aromatic nitrogens is 3. The average Bonchev–Trinajstić information content (AvgIpc) is 3.15. The zero-order chi connectivity index (χ0) is 17.6. The number of nitrogens with zero attached hydrogens (tertiary/aromatic N) is 4. The number of hydrogen-bond donors (Lipinski definition) is 1. The third kappa shape index (κ3) is 4.43. The summed E-state index contributed by atoms with van der Waals surface area (Å²) >= 11 is 0. The van der Waals surface area contributed by atoms with Crippen LogP contribution in [0.25, 0.3) is 0 Å². The van der Waals surface area contributed by atoms with E-state index in [2.05, 4.69) is 15.6 Å². The van der Waals surface area contributed by atoms with Crippen molar-refractivity contribution < 1.29 is 9.59 Å². The van der Waals surface area contributed by atoms with Gasteiger partial charge >= 0.3 is 0 Å². The monoisotopic (exact) mass is 341 g/mol. The average molecular weight is 341 g/mol. The Labute approximate surface area is 147 Å². The van der Waals surface area contributed by atoms with E-state index in [9.17, 15) is 9.59 Å². The predicted octanol–water partition coefficient (Wildman–Crippen LogP) is 1.26. The van der Waals surface area contributed by atoms with Gasteiger partial charge in [0.1, 0.15) is 0 Å². The molecule has 2 aromatic rings. The quantitative estimate of drug-likeness (QED) is 0.888. The van der Waals surface area contributed by atoms with Crippen LogP contribution in [-0.4, -0.2) is 51.3 Å². The lowest BCUT2D eigenvalue weighted by Gasteiger charge is -2.31.